The van der Waals surface area contributed by atoms with Gasteiger partial charge in [-0.2, -0.15) is 0 Å². The molecule has 0 heterocycles. The Morgan fingerprint density at radius 2 is 1.81 bits per heavy atom. The fourth-order valence-electron chi connectivity index (χ4n) is 5.62. The molecule has 0 aliphatic heterocycles. The van der Waals surface area contributed by atoms with Crippen LogP contribution < -0.4 is 0 Å². The molecule has 0 radical (unpaired) electrons. The first-order valence-corrected chi connectivity index (χ1v) is 8.40. The van der Waals surface area contributed by atoms with Gasteiger partial charge < -0.3 is 9.47 Å². The first-order chi connectivity index (χ1) is 9.88. The van der Waals surface area contributed by atoms with Gasteiger partial charge in [-0.1, -0.05) is 20.4 Å². The summed E-state index contributed by atoms with van der Waals surface area (Å²) in [4.78, 5) is 11.6. The summed E-state index contributed by atoms with van der Waals surface area (Å²) >= 11 is 0. The molecule has 3 saturated carbocycles. The molecule has 0 aromatic heterocycles. The zero-order chi connectivity index (χ0) is 15.3. The van der Waals surface area contributed by atoms with Gasteiger partial charge in [0.15, 0.2) is 0 Å². The van der Waals surface area contributed by atoms with Crippen LogP contribution in [0, 0.1) is 35.5 Å². The Bertz CT molecular complexity index is 444. The van der Waals surface area contributed by atoms with Gasteiger partial charge in [-0.05, 0) is 68.6 Å². The van der Waals surface area contributed by atoms with Crippen molar-refractivity contribution >= 4 is 5.97 Å². The van der Waals surface area contributed by atoms with Crippen molar-refractivity contribution in [1.29, 1.82) is 0 Å². The second kappa shape index (κ2) is 5.42. The van der Waals surface area contributed by atoms with Crippen molar-refractivity contribution in [3.05, 3.63) is 12.2 Å². The molecule has 0 aromatic carbocycles. The topological polar surface area (TPSA) is 35.5 Å². The molecule has 8 atom stereocenters. The molecule has 3 heteroatoms. The van der Waals surface area contributed by atoms with Crippen molar-refractivity contribution in [3.8, 4) is 0 Å². The Labute approximate surface area is 128 Å². The first-order valence-electron chi connectivity index (χ1n) is 8.40. The van der Waals surface area contributed by atoms with Crippen LogP contribution in [0.5, 0.6) is 0 Å². The molecule has 3 nitrogen and oxygen atoms in total. The number of carbonyl (C=O) groups excluding carboxylic acids is 1. The van der Waals surface area contributed by atoms with Gasteiger partial charge >= 0.3 is 5.97 Å². The molecule has 21 heavy (non-hydrogen) atoms. The number of fused-ring (bicyclic) bond motifs is 5. The van der Waals surface area contributed by atoms with Gasteiger partial charge in [-0.3, -0.25) is 0 Å². The lowest BCUT2D eigenvalue weighted by Gasteiger charge is -2.35. The molecule has 3 rings (SSSR count). The maximum Gasteiger partial charge on any atom is 0.335 e. The molecule has 0 aromatic rings. The highest BCUT2D eigenvalue weighted by Gasteiger charge is 2.59. The largest absolute Gasteiger partial charge is 0.433 e. The summed E-state index contributed by atoms with van der Waals surface area (Å²) in [6, 6.07) is 0. The number of hydrogen-bond donors (Lipinski definition) is 0. The van der Waals surface area contributed by atoms with E-state index in [0.29, 0.717) is 11.5 Å². The molecule has 2 bridgehead atoms. The number of ether oxygens (including phenoxy) is 2. The third-order valence-corrected chi connectivity index (χ3v) is 6.12. The van der Waals surface area contributed by atoms with Gasteiger partial charge in [-0.25, -0.2) is 4.79 Å². The SMILES string of the molecule is C=C(C)C(=O)OC(C)OC1CC2CC1C1C(C)CC(C)C21. The highest BCUT2D eigenvalue weighted by atomic mass is 16.7. The Morgan fingerprint density at radius 3 is 2.48 bits per heavy atom. The second-order valence-corrected chi connectivity index (χ2v) is 7.67. The first kappa shape index (κ1) is 15.1. The molecular weight excluding hydrogens is 264 g/mol. The lowest BCUT2D eigenvalue weighted by molar-refractivity contribution is -0.189. The molecule has 3 aliphatic carbocycles. The summed E-state index contributed by atoms with van der Waals surface area (Å²) in [6.45, 7) is 11.9. The Hall–Kier alpha value is -0.830. The van der Waals surface area contributed by atoms with Crippen molar-refractivity contribution in [3.63, 3.8) is 0 Å². The summed E-state index contributed by atoms with van der Waals surface area (Å²) in [7, 11) is 0. The quantitative estimate of drug-likeness (QED) is 0.449. The van der Waals surface area contributed by atoms with Gasteiger partial charge in [0, 0.05) is 5.57 Å². The number of esters is 1. The normalized spacial score (nSPS) is 45.4. The summed E-state index contributed by atoms with van der Waals surface area (Å²) < 4.78 is 11.4. The smallest absolute Gasteiger partial charge is 0.335 e. The molecular formula is C18H28O3. The lowest BCUT2D eigenvalue weighted by Crippen LogP contribution is -2.36. The van der Waals surface area contributed by atoms with Gasteiger partial charge in [0.2, 0.25) is 6.29 Å². The van der Waals surface area contributed by atoms with E-state index in [1.165, 1.54) is 12.8 Å². The van der Waals surface area contributed by atoms with Crippen LogP contribution in [0.3, 0.4) is 0 Å². The molecule has 0 saturated heterocycles. The molecule has 118 valence electrons. The van der Waals surface area contributed by atoms with Crippen LogP contribution >= 0.6 is 0 Å². The molecule has 0 amide bonds. The van der Waals surface area contributed by atoms with Gasteiger partial charge in [0.05, 0.1) is 6.10 Å². The highest BCUT2D eigenvalue weighted by molar-refractivity contribution is 5.86. The third kappa shape index (κ3) is 2.54. The van der Waals surface area contributed by atoms with Crippen LogP contribution in [0.4, 0.5) is 0 Å². The zero-order valence-corrected chi connectivity index (χ0v) is 13.7. The average Bonchev–Trinajstić information content (AvgIpc) is 3.02. The second-order valence-electron chi connectivity index (χ2n) is 7.67. The third-order valence-electron chi connectivity index (χ3n) is 6.12. The molecule has 0 spiro atoms. The maximum atomic E-state index is 11.6. The molecule has 8 unspecified atom stereocenters. The van der Waals surface area contributed by atoms with Crippen LogP contribution in [0.2, 0.25) is 0 Å². The standard InChI is InChI=1S/C18H28O3/c1-9(2)18(19)21-12(5)20-15-8-13-7-14(15)17-11(4)6-10(3)16(13)17/h10-17H,1,6-8H2,2-5H3. The van der Waals surface area contributed by atoms with E-state index in [0.717, 1.165) is 36.0 Å². The van der Waals surface area contributed by atoms with Crippen LogP contribution in [0.15, 0.2) is 12.2 Å². The molecule has 3 aliphatic rings. The minimum atomic E-state index is -0.467. The monoisotopic (exact) mass is 292 g/mol. The van der Waals surface area contributed by atoms with Gasteiger partial charge in [0.25, 0.3) is 0 Å². The van der Waals surface area contributed by atoms with Gasteiger partial charge in [0.1, 0.15) is 0 Å². The summed E-state index contributed by atoms with van der Waals surface area (Å²) in [5, 5.41) is 0. The molecule has 0 N–H and O–H groups in total. The van der Waals surface area contributed by atoms with E-state index in [-0.39, 0.29) is 12.1 Å². The summed E-state index contributed by atoms with van der Waals surface area (Å²) in [6.07, 6.45) is 3.64. The van der Waals surface area contributed by atoms with Crippen molar-refractivity contribution in [2.45, 2.75) is 59.4 Å². The Balaban J connectivity index is 1.60. The lowest BCUT2D eigenvalue weighted by atomic mass is 9.75. The molecule has 3 fully saturated rings. The Morgan fingerprint density at radius 1 is 1.14 bits per heavy atom. The number of carbonyl (C=O) groups is 1. The fourth-order valence-corrected chi connectivity index (χ4v) is 5.62. The zero-order valence-electron chi connectivity index (χ0n) is 13.7. The van der Waals surface area contributed by atoms with E-state index >= 15 is 0 Å². The minimum Gasteiger partial charge on any atom is -0.433 e. The fraction of sp³-hybridized carbons (Fsp3) is 0.833. The van der Waals surface area contributed by atoms with Crippen molar-refractivity contribution < 1.29 is 14.3 Å². The van der Waals surface area contributed by atoms with Crippen LogP contribution in [0.25, 0.3) is 0 Å². The van der Waals surface area contributed by atoms with Crippen LogP contribution in [0.1, 0.15) is 47.0 Å². The predicted octanol–water partition coefficient (Wildman–Crippen LogP) is 3.79. The average molecular weight is 292 g/mol. The van der Waals surface area contributed by atoms with E-state index in [1.54, 1.807) is 6.92 Å². The highest BCUT2D eigenvalue weighted by Crippen LogP contribution is 2.63. The van der Waals surface area contributed by atoms with E-state index in [9.17, 15) is 4.79 Å². The Kier molecular flexibility index (Phi) is 3.89. The summed E-state index contributed by atoms with van der Waals surface area (Å²) in [5.41, 5.74) is 0.427. The maximum absolute atomic E-state index is 11.6. The van der Waals surface area contributed by atoms with Crippen molar-refractivity contribution in [2.24, 2.45) is 35.5 Å². The van der Waals surface area contributed by atoms with E-state index < -0.39 is 6.29 Å². The predicted molar refractivity (Wildman–Crippen MR) is 81.4 cm³/mol. The van der Waals surface area contributed by atoms with Crippen molar-refractivity contribution in [1.82, 2.24) is 0 Å². The van der Waals surface area contributed by atoms with Crippen LogP contribution in [-0.4, -0.2) is 18.4 Å². The van der Waals surface area contributed by atoms with E-state index in [1.807, 2.05) is 6.92 Å². The van der Waals surface area contributed by atoms with Crippen LogP contribution in [-0.2, 0) is 14.3 Å². The van der Waals surface area contributed by atoms with E-state index in [2.05, 4.69) is 20.4 Å². The number of rotatable bonds is 4. The minimum absolute atomic E-state index is 0.275. The van der Waals surface area contributed by atoms with Crippen molar-refractivity contribution in [2.75, 3.05) is 0 Å². The number of hydrogen-bond acceptors (Lipinski definition) is 3. The van der Waals surface area contributed by atoms with Gasteiger partial charge in [-0.15, -0.1) is 0 Å². The summed E-state index contributed by atoms with van der Waals surface area (Å²) in [5.74, 6) is 4.58. The van der Waals surface area contributed by atoms with E-state index in [4.69, 9.17) is 9.47 Å².